The molecule has 1 aromatic carbocycles. The van der Waals surface area contributed by atoms with Gasteiger partial charge < -0.3 is 14.9 Å². The van der Waals surface area contributed by atoms with E-state index < -0.39 is 12.1 Å². The zero-order valence-corrected chi connectivity index (χ0v) is 18.6. The van der Waals surface area contributed by atoms with Crippen LogP contribution < -0.4 is 15.1 Å². The maximum atomic E-state index is 12.8. The molecule has 0 spiro atoms. The molecule has 8 nitrogen and oxygen atoms in total. The summed E-state index contributed by atoms with van der Waals surface area (Å²) in [5.41, 5.74) is 2.00. The Hall–Kier alpha value is -2.57. The molecule has 0 aliphatic carbocycles. The van der Waals surface area contributed by atoms with Crippen LogP contribution >= 0.6 is 22.9 Å². The number of ether oxygens (including phenoxy) is 1. The molecule has 0 radical (unpaired) electrons. The van der Waals surface area contributed by atoms with Crippen molar-refractivity contribution in [3.05, 3.63) is 34.5 Å². The number of carbonyl (C=O) groups excluding carboxylic acids is 1. The van der Waals surface area contributed by atoms with E-state index in [0.717, 1.165) is 22.1 Å². The number of benzene rings is 1. The van der Waals surface area contributed by atoms with E-state index in [2.05, 4.69) is 15.5 Å². The van der Waals surface area contributed by atoms with Gasteiger partial charge in [-0.15, -0.1) is 15.4 Å². The molecule has 0 bridgehead atoms. The summed E-state index contributed by atoms with van der Waals surface area (Å²) in [7, 11) is 0. The second-order valence-electron chi connectivity index (χ2n) is 7.39. The SMILES string of the molecule is CC(C)Oc1ccc(-c2nnc(N3CC4=C(CCNC4)N3OC(=O)C(F)(F)F)s2)cc1Cl. The summed E-state index contributed by atoms with van der Waals surface area (Å²) in [4.78, 5) is 16.2. The summed E-state index contributed by atoms with van der Waals surface area (Å²) in [6, 6.07) is 5.17. The molecule has 1 N–H and O–H groups in total. The third-order valence-electron chi connectivity index (χ3n) is 4.65. The van der Waals surface area contributed by atoms with Crippen LogP contribution in [0.15, 0.2) is 29.5 Å². The number of hydrogen-bond donors (Lipinski definition) is 1. The van der Waals surface area contributed by atoms with Crippen molar-refractivity contribution in [1.29, 1.82) is 0 Å². The van der Waals surface area contributed by atoms with Gasteiger partial charge in [0.1, 0.15) is 10.8 Å². The molecular weight excluding hydrogens is 471 g/mol. The number of carbonyl (C=O) groups is 1. The Morgan fingerprint density at radius 3 is 2.78 bits per heavy atom. The van der Waals surface area contributed by atoms with Gasteiger partial charge >= 0.3 is 12.1 Å². The van der Waals surface area contributed by atoms with Crippen molar-refractivity contribution in [2.45, 2.75) is 32.5 Å². The van der Waals surface area contributed by atoms with Crippen LogP contribution in [0.25, 0.3) is 10.6 Å². The number of hydroxylamine groups is 1. The minimum Gasteiger partial charge on any atom is -0.489 e. The Bertz CT molecular complexity index is 1060. The van der Waals surface area contributed by atoms with E-state index >= 15 is 0 Å². The van der Waals surface area contributed by atoms with Crippen LogP contribution in [-0.4, -0.2) is 53.3 Å². The van der Waals surface area contributed by atoms with Crippen LogP contribution in [0.3, 0.4) is 0 Å². The highest BCUT2D eigenvalue weighted by Crippen LogP contribution is 2.38. The minimum atomic E-state index is -5.12. The minimum absolute atomic E-state index is 0.0416. The number of nitrogens with zero attached hydrogens (tertiary/aromatic N) is 4. The molecule has 0 saturated heterocycles. The predicted octanol–water partition coefficient (Wildman–Crippen LogP) is 3.95. The number of anilines is 1. The van der Waals surface area contributed by atoms with Gasteiger partial charge in [0.15, 0.2) is 0 Å². The zero-order valence-electron chi connectivity index (χ0n) is 17.1. The molecule has 2 aliphatic heterocycles. The largest absolute Gasteiger partial charge is 0.493 e. The van der Waals surface area contributed by atoms with Gasteiger partial charge in [-0.3, -0.25) is 0 Å². The first-order valence-electron chi connectivity index (χ1n) is 9.72. The maximum Gasteiger partial charge on any atom is 0.493 e. The van der Waals surface area contributed by atoms with E-state index in [1.807, 2.05) is 13.8 Å². The van der Waals surface area contributed by atoms with Gasteiger partial charge in [-0.2, -0.15) is 13.2 Å². The van der Waals surface area contributed by atoms with Crippen molar-refractivity contribution >= 4 is 34.0 Å². The second kappa shape index (κ2) is 8.75. The standard InChI is InChI=1S/C19H19ClF3N5O3S/c1-10(2)30-15-4-3-11(7-13(15)20)16-25-26-18(32-16)27-9-12-8-24-6-5-14(12)28(27)31-17(29)19(21,22)23/h3-4,7,10,24H,5-6,8-9H2,1-2H3. The van der Waals surface area contributed by atoms with Crippen LogP contribution in [0.4, 0.5) is 18.3 Å². The monoisotopic (exact) mass is 489 g/mol. The fourth-order valence-corrected chi connectivity index (χ4v) is 4.34. The number of nitrogens with one attached hydrogen (secondary N) is 1. The van der Waals surface area contributed by atoms with Gasteiger partial charge in [0.05, 0.1) is 23.4 Å². The summed E-state index contributed by atoms with van der Waals surface area (Å²) in [6.45, 7) is 5.03. The molecule has 0 atom stereocenters. The Morgan fingerprint density at radius 1 is 1.31 bits per heavy atom. The Morgan fingerprint density at radius 2 is 2.09 bits per heavy atom. The lowest BCUT2D eigenvalue weighted by Gasteiger charge is -2.29. The van der Waals surface area contributed by atoms with Crippen LogP contribution in [0.2, 0.25) is 5.02 Å². The van der Waals surface area contributed by atoms with Crippen molar-refractivity contribution in [1.82, 2.24) is 20.7 Å². The van der Waals surface area contributed by atoms with Crippen molar-refractivity contribution in [2.24, 2.45) is 0 Å². The summed E-state index contributed by atoms with van der Waals surface area (Å²) >= 11 is 7.44. The number of halogens is 4. The summed E-state index contributed by atoms with van der Waals surface area (Å²) in [5, 5.41) is 14.9. The van der Waals surface area contributed by atoms with E-state index in [0.29, 0.717) is 46.6 Å². The lowest BCUT2D eigenvalue weighted by molar-refractivity contribution is -0.232. The van der Waals surface area contributed by atoms with Gasteiger partial charge in [-0.05, 0) is 37.6 Å². The summed E-state index contributed by atoms with van der Waals surface area (Å²) in [5.74, 6) is -1.77. The molecule has 0 amide bonds. The van der Waals surface area contributed by atoms with Crippen LogP contribution in [0.5, 0.6) is 5.75 Å². The van der Waals surface area contributed by atoms with Crippen molar-refractivity contribution in [2.75, 3.05) is 24.6 Å². The molecule has 32 heavy (non-hydrogen) atoms. The molecule has 0 fully saturated rings. The quantitative estimate of drug-likeness (QED) is 0.676. The molecule has 0 saturated carbocycles. The van der Waals surface area contributed by atoms with Crippen LogP contribution in [0.1, 0.15) is 20.3 Å². The van der Waals surface area contributed by atoms with E-state index in [4.69, 9.17) is 21.2 Å². The van der Waals surface area contributed by atoms with Gasteiger partial charge in [-0.25, -0.2) is 9.80 Å². The van der Waals surface area contributed by atoms with Crippen molar-refractivity contribution in [3.8, 4) is 16.3 Å². The Kier molecular flexibility index (Phi) is 6.19. The lowest BCUT2D eigenvalue weighted by Crippen LogP contribution is -2.42. The zero-order chi connectivity index (χ0) is 23.0. The maximum absolute atomic E-state index is 12.8. The van der Waals surface area contributed by atoms with Crippen molar-refractivity contribution in [3.63, 3.8) is 0 Å². The fraction of sp³-hybridized carbons (Fsp3) is 0.421. The third-order valence-corrected chi connectivity index (χ3v) is 5.93. The van der Waals surface area contributed by atoms with E-state index in [1.165, 1.54) is 5.01 Å². The average Bonchev–Trinajstić information content (AvgIpc) is 3.34. The van der Waals surface area contributed by atoms with Crippen LogP contribution in [-0.2, 0) is 9.63 Å². The first-order chi connectivity index (χ1) is 15.1. The molecule has 2 aromatic rings. The van der Waals surface area contributed by atoms with E-state index in [9.17, 15) is 18.0 Å². The highest BCUT2D eigenvalue weighted by atomic mass is 35.5. The Labute approximate surface area is 190 Å². The van der Waals surface area contributed by atoms with Gasteiger partial charge in [0, 0.05) is 25.1 Å². The number of hydrogen-bond acceptors (Lipinski definition) is 9. The lowest BCUT2D eigenvalue weighted by atomic mass is 10.1. The molecule has 0 unspecified atom stereocenters. The molecule has 172 valence electrons. The fourth-order valence-electron chi connectivity index (χ4n) is 3.29. The third kappa shape index (κ3) is 4.62. The van der Waals surface area contributed by atoms with Crippen LogP contribution in [0, 0.1) is 0 Å². The normalized spacial score (nSPS) is 16.6. The summed E-state index contributed by atoms with van der Waals surface area (Å²) in [6.07, 6.45) is -4.75. The number of alkyl halides is 3. The first-order valence-corrected chi connectivity index (χ1v) is 10.9. The Balaban J connectivity index is 1.59. The smallest absolute Gasteiger partial charge is 0.489 e. The van der Waals surface area contributed by atoms with Gasteiger partial charge in [0.2, 0.25) is 5.13 Å². The first kappa shape index (κ1) is 22.6. The summed E-state index contributed by atoms with van der Waals surface area (Å²) < 4.78 is 44.1. The van der Waals surface area contributed by atoms with Gasteiger partial charge in [0.25, 0.3) is 0 Å². The molecule has 4 rings (SSSR count). The second-order valence-corrected chi connectivity index (χ2v) is 8.75. The van der Waals surface area contributed by atoms with E-state index in [-0.39, 0.29) is 17.8 Å². The number of aromatic nitrogens is 2. The predicted molar refractivity (Wildman–Crippen MR) is 112 cm³/mol. The molecule has 1 aromatic heterocycles. The highest BCUT2D eigenvalue weighted by Gasteiger charge is 2.46. The molecule has 3 heterocycles. The molecular formula is C19H19ClF3N5O3S. The molecule has 13 heteroatoms. The number of hydrazine groups is 1. The van der Waals surface area contributed by atoms with E-state index in [1.54, 1.807) is 18.2 Å². The molecule has 2 aliphatic rings. The topological polar surface area (TPSA) is 79.8 Å². The number of rotatable bonds is 5. The highest BCUT2D eigenvalue weighted by molar-refractivity contribution is 7.18. The average molecular weight is 490 g/mol. The van der Waals surface area contributed by atoms with Crippen molar-refractivity contribution < 1.29 is 27.5 Å². The van der Waals surface area contributed by atoms with Gasteiger partial charge in [-0.1, -0.05) is 22.9 Å².